The summed E-state index contributed by atoms with van der Waals surface area (Å²) in [7, 11) is 2.10. The van der Waals surface area contributed by atoms with Gasteiger partial charge in [-0.15, -0.1) is 11.3 Å². The van der Waals surface area contributed by atoms with Crippen LogP contribution in [0.5, 0.6) is 0 Å². The van der Waals surface area contributed by atoms with Crippen molar-refractivity contribution in [2.75, 3.05) is 33.2 Å². The number of thiazole rings is 1. The zero-order chi connectivity index (χ0) is 17.4. The Balaban J connectivity index is 1.55. The van der Waals surface area contributed by atoms with Crippen molar-refractivity contribution in [3.8, 4) is 11.3 Å². The average Bonchev–Trinajstić information content (AvgIpc) is 3.18. The highest BCUT2D eigenvalue weighted by molar-refractivity contribution is 7.15. The molecular weight excluding hydrogens is 334 g/mol. The van der Waals surface area contributed by atoms with Gasteiger partial charge in [-0.25, -0.2) is 9.99 Å². The van der Waals surface area contributed by atoms with Crippen LogP contribution >= 0.6 is 11.3 Å². The molecule has 7 heteroatoms. The maximum atomic E-state index is 12.7. The van der Waals surface area contributed by atoms with Gasteiger partial charge in [0.15, 0.2) is 4.96 Å². The maximum absolute atomic E-state index is 12.7. The molecule has 3 aromatic rings. The third kappa shape index (κ3) is 3.30. The third-order valence-corrected chi connectivity index (χ3v) is 5.39. The van der Waals surface area contributed by atoms with E-state index in [2.05, 4.69) is 53.5 Å². The molecule has 0 atom stereocenters. The largest absolute Gasteiger partial charge is 0.304 e. The number of piperazine rings is 1. The predicted molar refractivity (Wildman–Crippen MR) is 99.8 cm³/mol. The number of hydrogen-bond donors (Lipinski definition) is 1. The normalized spacial score (nSPS) is 16.4. The van der Waals surface area contributed by atoms with E-state index in [0.29, 0.717) is 5.69 Å². The van der Waals surface area contributed by atoms with Gasteiger partial charge in [0.25, 0.3) is 5.91 Å². The predicted octanol–water partition coefficient (Wildman–Crippen LogP) is 2.26. The molecule has 3 heterocycles. The summed E-state index contributed by atoms with van der Waals surface area (Å²) in [4.78, 5) is 20.4. The molecule has 0 spiro atoms. The number of carbonyl (C=O) groups is 1. The minimum absolute atomic E-state index is 0.0799. The molecule has 2 aromatic heterocycles. The number of aryl methyl sites for hydroxylation is 1. The number of hydrogen-bond acceptors (Lipinski definition) is 5. The Morgan fingerprint density at radius 3 is 2.60 bits per heavy atom. The lowest BCUT2D eigenvalue weighted by molar-refractivity contribution is 0.0657. The Kier molecular flexibility index (Phi) is 4.29. The molecule has 1 aliphatic heterocycles. The summed E-state index contributed by atoms with van der Waals surface area (Å²) in [5.41, 5.74) is 6.82. The first kappa shape index (κ1) is 16.3. The molecule has 130 valence electrons. The minimum Gasteiger partial charge on any atom is -0.304 e. The third-order valence-electron chi connectivity index (χ3n) is 4.55. The van der Waals surface area contributed by atoms with Gasteiger partial charge in [0.1, 0.15) is 5.69 Å². The van der Waals surface area contributed by atoms with Crippen molar-refractivity contribution < 1.29 is 4.79 Å². The summed E-state index contributed by atoms with van der Waals surface area (Å²) >= 11 is 1.49. The van der Waals surface area contributed by atoms with Gasteiger partial charge in [0, 0.05) is 43.3 Å². The van der Waals surface area contributed by atoms with Gasteiger partial charge >= 0.3 is 0 Å². The highest BCUT2D eigenvalue weighted by Crippen LogP contribution is 2.24. The lowest BCUT2D eigenvalue weighted by Crippen LogP contribution is -2.52. The number of hydrazine groups is 1. The van der Waals surface area contributed by atoms with Crippen LogP contribution in [0, 0.1) is 6.92 Å². The van der Waals surface area contributed by atoms with Gasteiger partial charge in [-0.3, -0.25) is 14.6 Å². The van der Waals surface area contributed by atoms with Gasteiger partial charge in [-0.2, -0.15) is 0 Å². The van der Waals surface area contributed by atoms with Crippen LogP contribution in [0.4, 0.5) is 0 Å². The summed E-state index contributed by atoms with van der Waals surface area (Å²) in [5.74, 6) is -0.0799. The molecule has 0 radical (unpaired) electrons. The fraction of sp³-hybridized carbons (Fsp3) is 0.333. The Morgan fingerprint density at radius 1 is 1.16 bits per heavy atom. The van der Waals surface area contributed by atoms with Crippen LogP contribution in [-0.4, -0.2) is 58.4 Å². The monoisotopic (exact) mass is 355 g/mol. The molecule has 1 amide bonds. The van der Waals surface area contributed by atoms with Crippen LogP contribution in [0.3, 0.4) is 0 Å². The average molecular weight is 355 g/mol. The second-order valence-electron chi connectivity index (χ2n) is 6.50. The van der Waals surface area contributed by atoms with E-state index >= 15 is 0 Å². The quantitative estimate of drug-likeness (QED) is 0.783. The first-order chi connectivity index (χ1) is 12.1. The molecule has 0 saturated carbocycles. The summed E-state index contributed by atoms with van der Waals surface area (Å²) < 4.78 is 1.88. The lowest BCUT2D eigenvalue weighted by atomic mass is 10.1. The van der Waals surface area contributed by atoms with Crippen LogP contribution in [0.25, 0.3) is 16.2 Å². The van der Waals surface area contributed by atoms with Crippen LogP contribution in [-0.2, 0) is 0 Å². The number of benzene rings is 1. The molecule has 1 aromatic carbocycles. The van der Waals surface area contributed by atoms with Gasteiger partial charge in [0.2, 0.25) is 0 Å². The van der Waals surface area contributed by atoms with Crippen molar-refractivity contribution >= 4 is 22.2 Å². The highest BCUT2D eigenvalue weighted by atomic mass is 32.1. The molecule has 1 fully saturated rings. The van der Waals surface area contributed by atoms with Crippen molar-refractivity contribution in [2.45, 2.75) is 6.92 Å². The van der Waals surface area contributed by atoms with Crippen molar-refractivity contribution in [3.63, 3.8) is 0 Å². The van der Waals surface area contributed by atoms with Gasteiger partial charge in [0.05, 0.1) is 5.69 Å². The Labute approximate surface area is 150 Å². The van der Waals surface area contributed by atoms with Crippen LogP contribution in [0.2, 0.25) is 0 Å². The van der Waals surface area contributed by atoms with Gasteiger partial charge in [-0.1, -0.05) is 29.8 Å². The fourth-order valence-corrected chi connectivity index (χ4v) is 3.78. The summed E-state index contributed by atoms with van der Waals surface area (Å²) in [5, 5.41) is 3.86. The molecule has 1 aliphatic rings. The summed E-state index contributed by atoms with van der Waals surface area (Å²) in [6.45, 7) is 5.67. The van der Waals surface area contributed by atoms with Crippen molar-refractivity contribution in [1.29, 1.82) is 0 Å². The van der Waals surface area contributed by atoms with Crippen LogP contribution < -0.4 is 5.43 Å². The summed E-state index contributed by atoms with van der Waals surface area (Å²) in [6, 6.07) is 8.27. The van der Waals surface area contributed by atoms with Gasteiger partial charge < -0.3 is 4.90 Å². The number of fused-ring (bicyclic) bond motifs is 1. The molecule has 0 unspecified atom stereocenters. The van der Waals surface area contributed by atoms with Crippen LogP contribution in [0.1, 0.15) is 16.1 Å². The lowest BCUT2D eigenvalue weighted by Gasteiger charge is -2.32. The van der Waals surface area contributed by atoms with Crippen LogP contribution in [0.15, 0.2) is 35.8 Å². The highest BCUT2D eigenvalue weighted by Gasteiger charge is 2.20. The smallest absolute Gasteiger partial charge is 0.283 e. The number of rotatable bonds is 3. The van der Waals surface area contributed by atoms with E-state index in [1.165, 1.54) is 16.9 Å². The molecule has 4 rings (SSSR count). The van der Waals surface area contributed by atoms with Gasteiger partial charge in [-0.05, 0) is 14.0 Å². The Hall–Kier alpha value is -2.22. The summed E-state index contributed by atoms with van der Waals surface area (Å²) in [6.07, 6.45) is 1.94. The number of imidazole rings is 1. The van der Waals surface area contributed by atoms with Crippen molar-refractivity contribution in [3.05, 3.63) is 47.1 Å². The topological polar surface area (TPSA) is 52.9 Å². The second kappa shape index (κ2) is 6.59. The molecule has 0 aliphatic carbocycles. The molecule has 1 saturated heterocycles. The number of carbonyl (C=O) groups excluding carboxylic acids is 1. The SMILES string of the molecule is Cc1ccc(-c2cn3c(C(=O)NN4CCN(C)CC4)csc3n2)cc1. The van der Waals surface area contributed by atoms with E-state index in [4.69, 9.17) is 0 Å². The van der Waals surface area contributed by atoms with E-state index in [0.717, 1.165) is 42.4 Å². The Morgan fingerprint density at radius 2 is 1.88 bits per heavy atom. The number of nitrogens with zero attached hydrogens (tertiary/aromatic N) is 4. The standard InChI is InChI=1S/C18H21N5OS/c1-13-3-5-14(6-4-13)15-11-23-16(12-25-18(23)19-15)17(24)20-22-9-7-21(2)8-10-22/h3-6,11-12H,7-10H2,1-2H3,(H,20,24). The minimum atomic E-state index is -0.0799. The van der Waals surface area contributed by atoms with Crippen molar-refractivity contribution in [1.82, 2.24) is 24.7 Å². The molecule has 6 nitrogen and oxygen atoms in total. The number of likely N-dealkylation sites (N-methyl/N-ethyl adjacent to an activating group) is 1. The number of aromatic nitrogens is 2. The van der Waals surface area contributed by atoms with E-state index in [1.54, 1.807) is 0 Å². The fourth-order valence-electron chi connectivity index (χ4n) is 2.93. The van der Waals surface area contributed by atoms with Crippen molar-refractivity contribution in [2.24, 2.45) is 0 Å². The number of amides is 1. The first-order valence-corrected chi connectivity index (χ1v) is 9.26. The molecule has 1 N–H and O–H groups in total. The Bertz CT molecular complexity index is 890. The maximum Gasteiger partial charge on any atom is 0.283 e. The zero-order valence-corrected chi connectivity index (χ0v) is 15.2. The van der Waals surface area contributed by atoms with E-state index in [9.17, 15) is 4.79 Å². The van der Waals surface area contributed by atoms with E-state index in [1.807, 2.05) is 21.0 Å². The molecular formula is C18H21N5OS. The number of nitrogens with one attached hydrogen (secondary N) is 1. The molecule has 0 bridgehead atoms. The second-order valence-corrected chi connectivity index (χ2v) is 7.33. The molecule has 25 heavy (non-hydrogen) atoms. The van der Waals surface area contributed by atoms with E-state index < -0.39 is 0 Å². The first-order valence-electron chi connectivity index (χ1n) is 8.38. The van der Waals surface area contributed by atoms with E-state index in [-0.39, 0.29) is 5.91 Å². The zero-order valence-electron chi connectivity index (χ0n) is 14.4.